The van der Waals surface area contributed by atoms with Crippen LogP contribution in [0.2, 0.25) is 0 Å². The van der Waals surface area contributed by atoms with Gasteiger partial charge in [-0.15, -0.1) is 11.3 Å². The summed E-state index contributed by atoms with van der Waals surface area (Å²) < 4.78 is 5.13. The maximum absolute atomic E-state index is 12.8. The number of piperidine rings is 1. The molecule has 8 heteroatoms. The topological polar surface area (TPSA) is 102 Å². The van der Waals surface area contributed by atoms with Crippen LogP contribution in [0.15, 0.2) is 0 Å². The van der Waals surface area contributed by atoms with Crippen molar-refractivity contribution in [1.29, 1.82) is 0 Å². The van der Waals surface area contributed by atoms with Crippen molar-refractivity contribution in [2.45, 2.75) is 52.0 Å². The number of amides is 2. The first-order valence-electron chi connectivity index (χ1n) is 9.58. The van der Waals surface area contributed by atoms with E-state index in [1.165, 1.54) is 11.3 Å². The summed E-state index contributed by atoms with van der Waals surface area (Å²) in [5, 5.41) is 3.47. The van der Waals surface area contributed by atoms with E-state index in [0.29, 0.717) is 23.7 Å². The number of hydrogen-bond donors (Lipinski definition) is 2. The molecule has 3 rings (SSSR count). The molecule has 1 aliphatic carbocycles. The first-order chi connectivity index (χ1) is 12.9. The minimum absolute atomic E-state index is 0.179. The first-order valence-corrected chi connectivity index (χ1v) is 10.4. The van der Waals surface area contributed by atoms with Gasteiger partial charge in [-0.1, -0.05) is 0 Å². The van der Waals surface area contributed by atoms with Gasteiger partial charge in [0.05, 0.1) is 24.1 Å². The number of nitrogens with two attached hydrogens (primary N) is 1. The lowest BCUT2D eigenvalue weighted by Gasteiger charge is -2.35. The van der Waals surface area contributed by atoms with Crippen LogP contribution in [-0.4, -0.2) is 48.4 Å². The van der Waals surface area contributed by atoms with E-state index in [9.17, 15) is 14.4 Å². The van der Waals surface area contributed by atoms with Gasteiger partial charge in [-0.05, 0) is 58.1 Å². The fourth-order valence-electron chi connectivity index (χ4n) is 3.95. The zero-order valence-corrected chi connectivity index (χ0v) is 16.7. The van der Waals surface area contributed by atoms with Crippen molar-refractivity contribution in [3.8, 4) is 0 Å². The predicted octanol–water partition coefficient (Wildman–Crippen LogP) is 1.94. The molecule has 0 aromatic carbocycles. The highest BCUT2D eigenvalue weighted by Crippen LogP contribution is 2.39. The highest BCUT2D eigenvalue weighted by atomic mass is 32.1. The number of esters is 1. The molecule has 1 aromatic rings. The molecule has 0 radical (unpaired) electrons. The van der Waals surface area contributed by atoms with Crippen molar-refractivity contribution in [1.82, 2.24) is 4.90 Å². The second kappa shape index (κ2) is 8.39. The molecule has 2 heterocycles. The van der Waals surface area contributed by atoms with Crippen LogP contribution in [0.1, 0.15) is 53.9 Å². The smallest absolute Gasteiger partial charge is 0.310 e. The summed E-state index contributed by atoms with van der Waals surface area (Å²) >= 11 is 1.46. The van der Waals surface area contributed by atoms with Crippen LogP contribution in [0.5, 0.6) is 0 Å². The largest absolute Gasteiger partial charge is 0.466 e. The molecule has 2 amide bonds. The predicted molar refractivity (Wildman–Crippen MR) is 104 cm³/mol. The normalized spacial score (nSPS) is 20.7. The third kappa shape index (κ3) is 4.16. The van der Waals surface area contributed by atoms with Gasteiger partial charge < -0.3 is 15.8 Å². The lowest BCUT2D eigenvalue weighted by molar-refractivity contribution is -0.150. The Morgan fingerprint density at radius 2 is 2.11 bits per heavy atom. The molecule has 0 bridgehead atoms. The van der Waals surface area contributed by atoms with Gasteiger partial charge in [0.2, 0.25) is 5.91 Å². The quantitative estimate of drug-likeness (QED) is 0.719. The van der Waals surface area contributed by atoms with E-state index in [0.717, 1.165) is 49.1 Å². The SMILES string of the molecule is CCOC(=O)[C@H]1CCCN([C@@H](C)C(=O)Nc2sc3c(c2C(N)=O)CCC3)C1. The van der Waals surface area contributed by atoms with Gasteiger partial charge in [-0.3, -0.25) is 19.3 Å². The number of anilines is 1. The van der Waals surface area contributed by atoms with Gasteiger partial charge in [0.25, 0.3) is 5.91 Å². The Hall–Kier alpha value is -1.93. The van der Waals surface area contributed by atoms with Crippen molar-refractivity contribution in [2.24, 2.45) is 11.7 Å². The second-order valence-corrected chi connectivity index (χ2v) is 8.28. The number of ether oxygens (including phenoxy) is 1. The zero-order chi connectivity index (χ0) is 19.6. The van der Waals surface area contributed by atoms with Crippen LogP contribution in [-0.2, 0) is 27.2 Å². The fraction of sp³-hybridized carbons (Fsp3) is 0.632. The fourth-order valence-corrected chi connectivity index (χ4v) is 5.24. The molecule has 1 aliphatic heterocycles. The molecular formula is C19H27N3O4S. The number of rotatable bonds is 6. The molecule has 2 atom stereocenters. The maximum Gasteiger partial charge on any atom is 0.310 e. The van der Waals surface area contributed by atoms with Gasteiger partial charge in [0.15, 0.2) is 0 Å². The lowest BCUT2D eigenvalue weighted by Crippen LogP contribution is -2.48. The number of likely N-dealkylation sites (tertiary alicyclic amines) is 1. The molecular weight excluding hydrogens is 366 g/mol. The van der Waals surface area contributed by atoms with Gasteiger partial charge in [0.1, 0.15) is 5.00 Å². The molecule has 1 fully saturated rings. The molecule has 7 nitrogen and oxygen atoms in total. The Morgan fingerprint density at radius 1 is 1.33 bits per heavy atom. The Bertz CT molecular complexity index is 746. The maximum atomic E-state index is 12.8. The molecule has 0 spiro atoms. The Morgan fingerprint density at radius 3 is 2.81 bits per heavy atom. The van der Waals surface area contributed by atoms with E-state index in [2.05, 4.69) is 5.32 Å². The van der Waals surface area contributed by atoms with Gasteiger partial charge in [-0.25, -0.2) is 0 Å². The monoisotopic (exact) mass is 393 g/mol. The number of primary amides is 1. The number of nitrogens with one attached hydrogen (secondary N) is 1. The third-order valence-corrected chi connectivity index (χ3v) is 6.61. The van der Waals surface area contributed by atoms with E-state index in [1.54, 1.807) is 6.92 Å². The number of aryl methyl sites for hydroxylation is 1. The van der Waals surface area contributed by atoms with E-state index in [-0.39, 0.29) is 17.8 Å². The summed E-state index contributed by atoms with van der Waals surface area (Å²) in [5.41, 5.74) is 7.03. The van der Waals surface area contributed by atoms with E-state index < -0.39 is 11.9 Å². The molecule has 148 valence electrons. The van der Waals surface area contributed by atoms with E-state index in [4.69, 9.17) is 10.5 Å². The number of carbonyl (C=O) groups is 3. The molecule has 0 saturated carbocycles. The average molecular weight is 394 g/mol. The van der Waals surface area contributed by atoms with Gasteiger partial charge >= 0.3 is 5.97 Å². The van der Waals surface area contributed by atoms with Crippen molar-refractivity contribution < 1.29 is 19.1 Å². The van der Waals surface area contributed by atoms with Crippen LogP contribution >= 0.6 is 11.3 Å². The average Bonchev–Trinajstić information content (AvgIpc) is 3.21. The molecule has 1 saturated heterocycles. The van der Waals surface area contributed by atoms with Gasteiger partial charge in [0, 0.05) is 11.4 Å². The molecule has 2 aliphatic rings. The van der Waals surface area contributed by atoms with Crippen LogP contribution in [0.3, 0.4) is 0 Å². The summed E-state index contributed by atoms with van der Waals surface area (Å²) in [6.07, 6.45) is 4.42. The Balaban J connectivity index is 1.68. The molecule has 27 heavy (non-hydrogen) atoms. The molecule has 0 unspecified atom stereocenters. The number of carbonyl (C=O) groups excluding carboxylic acids is 3. The minimum Gasteiger partial charge on any atom is -0.466 e. The number of thiophene rings is 1. The van der Waals surface area contributed by atoms with E-state index >= 15 is 0 Å². The summed E-state index contributed by atoms with van der Waals surface area (Å²) in [5.74, 6) is -1.05. The van der Waals surface area contributed by atoms with Crippen LogP contribution in [0.25, 0.3) is 0 Å². The van der Waals surface area contributed by atoms with Crippen LogP contribution in [0.4, 0.5) is 5.00 Å². The van der Waals surface area contributed by atoms with Crippen molar-refractivity contribution in [2.75, 3.05) is 25.0 Å². The van der Waals surface area contributed by atoms with Crippen LogP contribution in [0, 0.1) is 5.92 Å². The molecule has 3 N–H and O–H groups in total. The Labute approximate surface area is 163 Å². The first kappa shape index (κ1) is 19.8. The highest BCUT2D eigenvalue weighted by molar-refractivity contribution is 7.17. The summed E-state index contributed by atoms with van der Waals surface area (Å²) in [6, 6.07) is -0.403. The summed E-state index contributed by atoms with van der Waals surface area (Å²) in [4.78, 5) is 39.9. The van der Waals surface area contributed by atoms with Crippen molar-refractivity contribution in [3.05, 3.63) is 16.0 Å². The highest BCUT2D eigenvalue weighted by Gasteiger charge is 2.33. The van der Waals surface area contributed by atoms with E-state index in [1.807, 2.05) is 11.8 Å². The number of nitrogens with zero attached hydrogens (tertiary/aromatic N) is 1. The summed E-state index contributed by atoms with van der Waals surface area (Å²) in [6.45, 7) is 5.26. The standard InChI is InChI=1S/C19H27N3O4S/c1-3-26-19(25)12-6-5-9-22(10-12)11(2)17(24)21-18-15(16(20)23)13-7-4-8-14(13)27-18/h11-12H,3-10H2,1-2H3,(H2,20,23)(H,21,24)/t11-,12-/m0/s1. The lowest BCUT2D eigenvalue weighted by atomic mass is 9.97. The third-order valence-electron chi connectivity index (χ3n) is 5.40. The van der Waals surface area contributed by atoms with Crippen molar-refractivity contribution >= 4 is 34.1 Å². The number of fused-ring (bicyclic) bond motifs is 1. The molecule has 1 aromatic heterocycles. The Kier molecular flexibility index (Phi) is 6.16. The number of hydrogen-bond acceptors (Lipinski definition) is 6. The summed E-state index contributed by atoms with van der Waals surface area (Å²) in [7, 11) is 0. The second-order valence-electron chi connectivity index (χ2n) is 7.18. The zero-order valence-electron chi connectivity index (χ0n) is 15.9. The van der Waals surface area contributed by atoms with Crippen LogP contribution < -0.4 is 11.1 Å². The van der Waals surface area contributed by atoms with Crippen molar-refractivity contribution in [3.63, 3.8) is 0 Å². The minimum atomic E-state index is -0.488. The van der Waals surface area contributed by atoms with Gasteiger partial charge in [-0.2, -0.15) is 0 Å².